The van der Waals surface area contributed by atoms with E-state index in [1.54, 1.807) is 0 Å². The summed E-state index contributed by atoms with van der Waals surface area (Å²) in [6, 6.07) is 0. The topological polar surface area (TPSA) is 78.9 Å². The van der Waals surface area contributed by atoms with Crippen LogP contribution in [-0.4, -0.2) is 36.2 Å². The first-order valence-corrected chi connectivity index (χ1v) is 10.8. The van der Waals surface area contributed by atoms with Crippen LogP contribution in [0.5, 0.6) is 0 Å². The third-order valence-corrected chi connectivity index (χ3v) is 9.56. The van der Waals surface area contributed by atoms with Gasteiger partial charge in [0, 0.05) is 18.8 Å². The van der Waals surface area contributed by atoms with E-state index in [9.17, 15) is 14.4 Å². The van der Waals surface area contributed by atoms with Gasteiger partial charge in [-0.25, -0.2) is 0 Å². The van der Waals surface area contributed by atoms with Crippen molar-refractivity contribution in [3.05, 3.63) is 12.2 Å². The summed E-state index contributed by atoms with van der Waals surface area (Å²) in [5, 5.41) is 0. The average Bonchev–Trinajstić information content (AvgIpc) is 3.08. The molecule has 158 valence electrons. The van der Waals surface area contributed by atoms with Crippen LogP contribution in [0.25, 0.3) is 0 Å². The van der Waals surface area contributed by atoms with E-state index >= 15 is 0 Å². The van der Waals surface area contributed by atoms with Gasteiger partial charge in [0.25, 0.3) is 0 Å². The van der Waals surface area contributed by atoms with Crippen LogP contribution in [0.4, 0.5) is 0 Å². The van der Waals surface area contributed by atoms with Crippen LogP contribution in [0.15, 0.2) is 12.2 Å². The minimum atomic E-state index is -0.714. The van der Waals surface area contributed by atoms with Crippen molar-refractivity contribution in [1.29, 1.82) is 0 Å². The van der Waals surface area contributed by atoms with Crippen LogP contribution in [0.1, 0.15) is 59.3 Å². The van der Waals surface area contributed by atoms with E-state index in [4.69, 9.17) is 14.2 Å². The molecule has 1 spiro atoms. The highest BCUT2D eigenvalue weighted by atomic mass is 16.6. The molecule has 6 nitrogen and oxygen atoms in total. The number of carbonyl (C=O) groups is 3. The van der Waals surface area contributed by atoms with E-state index in [1.165, 1.54) is 14.0 Å². The third-order valence-electron chi connectivity index (χ3n) is 9.56. The van der Waals surface area contributed by atoms with Gasteiger partial charge in [-0.1, -0.05) is 13.5 Å². The van der Waals surface area contributed by atoms with Crippen molar-refractivity contribution in [3.8, 4) is 0 Å². The summed E-state index contributed by atoms with van der Waals surface area (Å²) in [4.78, 5) is 38.3. The normalized spacial score (nSPS) is 51.9. The maximum absolute atomic E-state index is 13.3. The smallest absolute Gasteiger partial charge is 0.313 e. The highest BCUT2D eigenvalue weighted by Gasteiger charge is 2.84. The maximum atomic E-state index is 13.3. The maximum Gasteiger partial charge on any atom is 0.313 e. The van der Waals surface area contributed by atoms with Crippen molar-refractivity contribution >= 4 is 17.9 Å². The summed E-state index contributed by atoms with van der Waals surface area (Å²) in [6.45, 7) is 9.79. The van der Waals surface area contributed by atoms with E-state index in [-0.39, 0.29) is 35.7 Å². The number of hydrogen-bond acceptors (Lipinski definition) is 6. The minimum Gasteiger partial charge on any atom is -0.469 e. The average molecular weight is 402 g/mol. The lowest BCUT2D eigenvalue weighted by Gasteiger charge is -2.46. The first-order valence-electron chi connectivity index (χ1n) is 10.8. The SMILES string of the molecule is C=C1C[C@]23C[C@@]1(OC(C)=O)CCC2[C@@]12CC[C@H](C)[C@](C)(C(=O)O1)C2C3C(=O)OC. The van der Waals surface area contributed by atoms with Crippen LogP contribution in [0, 0.1) is 34.5 Å². The van der Waals surface area contributed by atoms with Gasteiger partial charge in [0.2, 0.25) is 0 Å². The monoisotopic (exact) mass is 402 g/mol. The second-order valence-corrected chi connectivity index (χ2v) is 10.4. The zero-order chi connectivity index (χ0) is 21.0. The summed E-state index contributed by atoms with van der Waals surface area (Å²) in [7, 11) is 1.42. The molecule has 5 rings (SSSR count). The highest BCUT2D eigenvalue weighted by Crippen LogP contribution is 2.79. The summed E-state index contributed by atoms with van der Waals surface area (Å²) in [5.41, 5.74) is -1.58. The lowest BCUT2D eigenvalue weighted by molar-refractivity contribution is -0.169. The van der Waals surface area contributed by atoms with Crippen LogP contribution in [-0.2, 0) is 28.6 Å². The second-order valence-electron chi connectivity index (χ2n) is 10.4. The Hall–Kier alpha value is -1.85. The molecule has 5 aliphatic rings. The van der Waals surface area contributed by atoms with E-state index in [0.29, 0.717) is 19.3 Å². The number of rotatable bonds is 2. The Morgan fingerprint density at radius 3 is 2.62 bits per heavy atom. The van der Waals surface area contributed by atoms with Gasteiger partial charge in [-0.15, -0.1) is 0 Å². The first-order chi connectivity index (χ1) is 13.6. The van der Waals surface area contributed by atoms with Crippen molar-refractivity contribution < 1.29 is 28.6 Å². The van der Waals surface area contributed by atoms with E-state index in [1.807, 2.05) is 6.92 Å². The molecular weight excluding hydrogens is 372 g/mol. The zero-order valence-corrected chi connectivity index (χ0v) is 17.7. The fraction of sp³-hybridized carbons (Fsp3) is 0.783. The standard InChI is InChI=1S/C23H30O6/c1-12-6-9-23-15-7-8-22(28-14(3)24)11-21(15,10-13(22)2)16(18(25)27-5)17(23)20(12,4)19(26)29-23/h12,15-17H,2,6-11H2,1,3-5H3/t12-,15?,16?,17?,20-,21-,22-,23+/m0/s1. The van der Waals surface area contributed by atoms with Crippen LogP contribution >= 0.6 is 0 Å². The van der Waals surface area contributed by atoms with Gasteiger partial charge >= 0.3 is 17.9 Å². The second kappa shape index (κ2) is 5.44. The van der Waals surface area contributed by atoms with Crippen molar-refractivity contribution in [2.75, 3.05) is 7.11 Å². The molecule has 1 aliphatic heterocycles. The molecule has 4 aliphatic carbocycles. The van der Waals surface area contributed by atoms with Gasteiger partial charge in [-0.05, 0) is 62.4 Å². The number of hydrogen-bond donors (Lipinski definition) is 0. The molecule has 3 unspecified atom stereocenters. The number of methoxy groups -OCH3 is 1. The molecule has 4 saturated carbocycles. The molecule has 0 radical (unpaired) electrons. The Balaban J connectivity index is 1.70. The number of ether oxygens (including phenoxy) is 3. The van der Waals surface area contributed by atoms with Gasteiger partial charge in [-0.3, -0.25) is 14.4 Å². The summed E-state index contributed by atoms with van der Waals surface area (Å²) >= 11 is 0. The molecular formula is C23H30O6. The van der Waals surface area contributed by atoms with Crippen molar-refractivity contribution in [2.45, 2.75) is 70.5 Å². The lowest BCUT2D eigenvalue weighted by Crippen LogP contribution is -2.50. The molecule has 1 heterocycles. The zero-order valence-electron chi connectivity index (χ0n) is 17.7. The molecule has 29 heavy (non-hydrogen) atoms. The number of fused-ring (bicyclic) bond motifs is 1. The van der Waals surface area contributed by atoms with Gasteiger partial charge in [-0.2, -0.15) is 0 Å². The van der Waals surface area contributed by atoms with Crippen molar-refractivity contribution in [1.82, 2.24) is 0 Å². The Morgan fingerprint density at radius 1 is 1.24 bits per heavy atom. The van der Waals surface area contributed by atoms with Crippen LogP contribution in [0.3, 0.4) is 0 Å². The molecule has 0 amide bonds. The number of carbonyl (C=O) groups excluding carboxylic acids is 3. The molecule has 6 heteroatoms. The quantitative estimate of drug-likeness (QED) is 0.401. The molecule has 0 N–H and O–H groups in total. The summed E-state index contributed by atoms with van der Waals surface area (Å²) in [5.74, 6) is -1.21. The lowest BCUT2D eigenvalue weighted by atomic mass is 9.56. The minimum absolute atomic E-state index is 0.0605. The summed E-state index contributed by atoms with van der Waals surface area (Å²) in [6.07, 6.45) is 4.31. The molecule has 0 aromatic rings. The predicted molar refractivity (Wildman–Crippen MR) is 102 cm³/mol. The Bertz CT molecular complexity index is 848. The number of esters is 3. The van der Waals surface area contributed by atoms with Crippen LogP contribution < -0.4 is 0 Å². The molecule has 5 fully saturated rings. The van der Waals surface area contributed by atoms with E-state index in [2.05, 4.69) is 13.5 Å². The van der Waals surface area contributed by atoms with Gasteiger partial charge in [0.05, 0.1) is 18.4 Å². The van der Waals surface area contributed by atoms with Crippen LogP contribution in [0.2, 0.25) is 0 Å². The molecule has 4 bridgehead atoms. The van der Waals surface area contributed by atoms with Crippen molar-refractivity contribution in [2.24, 2.45) is 34.5 Å². The first kappa shape index (κ1) is 19.1. The third kappa shape index (κ3) is 1.92. The molecule has 1 saturated heterocycles. The predicted octanol–water partition coefficient (Wildman–Crippen LogP) is 3.19. The molecule has 8 atom stereocenters. The van der Waals surface area contributed by atoms with Gasteiger partial charge < -0.3 is 14.2 Å². The van der Waals surface area contributed by atoms with E-state index < -0.39 is 27.9 Å². The largest absolute Gasteiger partial charge is 0.469 e. The summed E-state index contributed by atoms with van der Waals surface area (Å²) < 4.78 is 17.4. The fourth-order valence-electron chi connectivity index (χ4n) is 8.41. The van der Waals surface area contributed by atoms with Gasteiger partial charge in [0.1, 0.15) is 11.2 Å². The fourth-order valence-corrected chi connectivity index (χ4v) is 8.41. The van der Waals surface area contributed by atoms with Gasteiger partial charge in [0.15, 0.2) is 0 Å². The Morgan fingerprint density at radius 2 is 1.97 bits per heavy atom. The molecule has 0 aromatic heterocycles. The Kier molecular flexibility index (Phi) is 3.59. The molecule has 0 aromatic carbocycles. The van der Waals surface area contributed by atoms with E-state index in [0.717, 1.165) is 24.8 Å². The highest BCUT2D eigenvalue weighted by molar-refractivity contribution is 5.85. The van der Waals surface area contributed by atoms with Crippen molar-refractivity contribution in [3.63, 3.8) is 0 Å². The Labute approximate surface area is 171 Å².